The molecule has 1 N–H and O–H groups in total. The highest BCUT2D eigenvalue weighted by Gasteiger charge is 2.15. The largest absolute Gasteiger partial charge is 0.311 e. The Bertz CT molecular complexity index is 287. The lowest BCUT2D eigenvalue weighted by molar-refractivity contribution is 0.426. The van der Waals surface area contributed by atoms with Crippen molar-refractivity contribution in [2.45, 2.75) is 45.7 Å². The highest BCUT2D eigenvalue weighted by molar-refractivity contribution is 4.98. The van der Waals surface area contributed by atoms with E-state index in [1.165, 1.54) is 25.7 Å². The number of hydrogen-bond donors (Lipinski definition) is 1. The third-order valence-electron chi connectivity index (χ3n) is 3.17. The van der Waals surface area contributed by atoms with Gasteiger partial charge in [0.05, 0.1) is 5.69 Å². The standard InChI is InChI=1S/C12H21N3/c1-2-13-9-12-7-8-15(14-12)10-11-5-3-4-6-11/h7-8,11,13H,2-6,9-10H2,1H3. The van der Waals surface area contributed by atoms with Crippen LogP contribution in [0.2, 0.25) is 0 Å². The molecule has 0 aromatic carbocycles. The number of nitrogens with one attached hydrogen (secondary N) is 1. The van der Waals surface area contributed by atoms with Gasteiger partial charge in [-0.2, -0.15) is 5.10 Å². The Morgan fingerprint density at radius 3 is 3.00 bits per heavy atom. The van der Waals surface area contributed by atoms with Crippen LogP contribution in [-0.4, -0.2) is 16.3 Å². The first-order chi connectivity index (χ1) is 7.38. The summed E-state index contributed by atoms with van der Waals surface area (Å²) in [5.74, 6) is 0.872. The molecule has 0 spiro atoms. The van der Waals surface area contributed by atoms with Crippen molar-refractivity contribution in [3.63, 3.8) is 0 Å². The number of nitrogens with zero attached hydrogens (tertiary/aromatic N) is 2. The van der Waals surface area contributed by atoms with Gasteiger partial charge in [0.1, 0.15) is 0 Å². The average Bonchev–Trinajstić information content (AvgIpc) is 2.87. The molecule has 0 bridgehead atoms. The zero-order valence-electron chi connectivity index (χ0n) is 9.58. The molecule has 1 aromatic heterocycles. The Balaban J connectivity index is 1.83. The van der Waals surface area contributed by atoms with Crippen molar-refractivity contribution in [3.8, 4) is 0 Å². The second-order valence-electron chi connectivity index (χ2n) is 4.46. The van der Waals surface area contributed by atoms with Gasteiger partial charge in [-0.25, -0.2) is 0 Å². The molecule has 0 amide bonds. The Morgan fingerprint density at radius 2 is 2.27 bits per heavy atom. The first-order valence-electron chi connectivity index (χ1n) is 6.11. The molecule has 1 fully saturated rings. The predicted molar refractivity (Wildman–Crippen MR) is 61.6 cm³/mol. The lowest BCUT2D eigenvalue weighted by Crippen LogP contribution is -2.13. The van der Waals surface area contributed by atoms with Gasteiger partial charge in [-0.15, -0.1) is 0 Å². The summed E-state index contributed by atoms with van der Waals surface area (Å²) in [6.07, 6.45) is 7.72. The second kappa shape index (κ2) is 5.31. The highest BCUT2D eigenvalue weighted by Crippen LogP contribution is 2.25. The van der Waals surface area contributed by atoms with Crippen LogP contribution in [0.1, 0.15) is 38.3 Å². The van der Waals surface area contributed by atoms with Gasteiger partial charge in [0.25, 0.3) is 0 Å². The first kappa shape index (κ1) is 10.7. The Hall–Kier alpha value is -0.830. The smallest absolute Gasteiger partial charge is 0.0762 e. The molecule has 1 aliphatic rings. The molecule has 1 aromatic rings. The predicted octanol–water partition coefficient (Wildman–Crippen LogP) is 2.18. The summed E-state index contributed by atoms with van der Waals surface area (Å²) in [6.45, 7) is 5.14. The minimum atomic E-state index is 0.872. The van der Waals surface area contributed by atoms with Crippen molar-refractivity contribution in [3.05, 3.63) is 18.0 Å². The van der Waals surface area contributed by atoms with Crippen molar-refractivity contribution in [2.75, 3.05) is 6.54 Å². The van der Waals surface area contributed by atoms with Gasteiger partial charge in [0.15, 0.2) is 0 Å². The van der Waals surface area contributed by atoms with Crippen LogP contribution >= 0.6 is 0 Å². The van der Waals surface area contributed by atoms with Crippen LogP contribution in [0.5, 0.6) is 0 Å². The number of rotatable bonds is 5. The first-order valence-corrected chi connectivity index (χ1v) is 6.11. The SMILES string of the molecule is CCNCc1ccn(CC2CCCC2)n1. The minimum Gasteiger partial charge on any atom is -0.311 e. The van der Waals surface area contributed by atoms with E-state index in [1.54, 1.807) is 0 Å². The normalized spacial score (nSPS) is 17.4. The van der Waals surface area contributed by atoms with Crippen molar-refractivity contribution in [2.24, 2.45) is 5.92 Å². The van der Waals surface area contributed by atoms with Crippen LogP contribution in [0, 0.1) is 5.92 Å². The van der Waals surface area contributed by atoms with E-state index in [2.05, 4.69) is 34.3 Å². The van der Waals surface area contributed by atoms with Gasteiger partial charge in [-0.1, -0.05) is 19.8 Å². The van der Waals surface area contributed by atoms with Gasteiger partial charge < -0.3 is 5.32 Å². The molecule has 3 heteroatoms. The Morgan fingerprint density at radius 1 is 1.47 bits per heavy atom. The second-order valence-corrected chi connectivity index (χ2v) is 4.46. The molecular weight excluding hydrogens is 186 g/mol. The van der Waals surface area contributed by atoms with Gasteiger partial charge in [-0.05, 0) is 31.4 Å². The summed E-state index contributed by atoms with van der Waals surface area (Å²) in [6, 6.07) is 2.12. The fourth-order valence-corrected chi connectivity index (χ4v) is 2.31. The minimum absolute atomic E-state index is 0.872. The maximum Gasteiger partial charge on any atom is 0.0762 e. The van der Waals surface area contributed by atoms with Gasteiger partial charge >= 0.3 is 0 Å². The third-order valence-corrected chi connectivity index (χ3v) is 3.17. The topological polar surface area (TPSA) is 29.9 Å². The summed E-state index contributed by atoms with van der Waals surface area (Å²) in [7, 11) is 0. The molecule has 15 heavy (non-hydrogen) atoms. The van der Waals surface area contributed by atoms with Crippen LogP contribution in [0.4, 0.5) is 0 Å². The van der Waals surface area contributed by atoms with E-state index in [1.807, 2.05) is 0 Å². The van der Waals surface area contributed by atoms with E-state index in [-0.39, 0.29) is 0 Å². The zero-order valence-corrected chi connectivity index (χ0v) is 9.58. The highest BCUT2D eigenvalue weighted by atomic mass is 15.3. The van der Waals surface area contributed by atoms with E-state index < -0.39 is 0 Å². The van der Waals surface area contributed by atoms with E-state index in [0.717, 1.165) is 31.2 Å². The lowest BCUT2D eigenvalue weighted by Gasteiger charge is -2.08. The molecule has 2 rings (SSSR count). The lowest BCUT2D eigenvalue weighted by atomic mass is 10.1. The third kappa shape index (κ3) is 3.06. The average molecular weight is 207 g/mol. The molecule has 1 saturated carbocycles. The van der Waals surface area contributed by atoms with Gasteiger partial charge in [0, 0.05) is 19.3 Å². The maximum atomic E-state index is 4.57. The van der Waals surface area contributed by atoms with E-state index >= 15 is 0 Å². The van der Waals surface area contributed by atoms with E-state index in [0.29, 0.717) is 0 Å². The van der Waals surface area contributed by atoms with E-state index in [4.69, 9.17) is 0 Å². The fourth-order valence-electron chi connectivity index (χ4n) is 2.31. The van der Waals surface area contributed by atoms with Crippen molar-refractivity contribution < 1.29 is 0 Å². The Labute approximate surface area is 91.9 Å². The molecule has 84 valence electrons. The molecule has 0 atom stereocenters. The fraction of sp³-hybridized carbons (Fsp3) is 0.750. The number of aromatic nitrogens is 2. The van der Waals surface area contributed by atoms with Gasteiger partial charge in [-0.3, -0.25) is 4.68 Å². The molecule has 0 radical (unpaired) electrons. The van der Waals surface area contributed by atoms with Crippen molar-refractivity contribution in [1.82, 2.24) is 15.1 Å². The van der Waals surface area contributed by atoms with Crippen LogP contribution in [-0.2, 0) is 13.1 Å². The van der Waals surface area contributed by atoms with Gasteiger partial charge in [0.2, 0.25) is 0 Å². The number of hydrogen-bond acceptors (Lipinski definition) is 2. The summed E-state index contributed by atoms with van der Waals surface area (Å²) in [5.41, 5.74) is 1.16. The quantitative estimate of drug-likeness (QED) is 0.802. The Kier molecular flexibility index (Phi) is 3.78. The van der Waals surface area contributed by atoms with Crippen LogP contribution in [0.25, 0.3) is 0 Å². The molecule has 0 aliphatic heterocycles. The monoisotopic (exact) mass is 207 g/mol. The summed E-state index contributed by atoms with van der Waals surface area (Å²) in [5, 5.41) is 7.86. The van der Waals surface area contributed by atoms with Crippen LogP contribution in [0.15, 0.2) is 12.3 Å². The molecule has 3 nitrogen and oxygen atoms in total. The van der Waals surface area contributed by atoms with Crippen LogP contribution in [0.3, 0.4) is 0 Å². The molecule has 1 aliphatic carbocycles. The summed E-state index contributed by atoms with van der Waals surface area (Å²) in [4.78, 5) is 0. The summed E-state index contributed by atoms with van der Waals surface area (Å²) < 4.78 is 2.11. The molecule has 0 saturated heterocycles. The molecular formula is C12H21N3. The molecule has 1 heterocycles. The van der Waals surface area contributed by atoms with Crippen molar-refractivity contribution >= 4 is 0 Å². The zero-order chi connectivity index (χ0) is 10.5. The van der Waals surface area contributed by atoms with Crippen molar-refractivity contribution in [1.29, 1.82) is 0 Å². The summed E-state index contributed by atoms with van der Waals surface area (Å²) >= 11 is 0. The molecule has 0 unspecified atom stereocenters. The van der Waals surface area contributed by atoms with Crippen LogP contribution < -0.4 is 5.32 Å². The van der Waals surface area contributed by atoms with E-state index in [9.17, 15) is 0 Å². The maximum absolute atomic E-state index is 4.57.